The second kappa shape index (κ2) is 5.01. The van der Waals surface area contributed by atoms with Crippen molar-refractivity contribution in [3.63, 3.8) is 0 Å². The van der Waals surface area contributed by atoms with Crippen molar-refractivity contribution in [3.05, 3.63) is 29.8 Å². The van der Waals surface area contributed by atoms with Gasteiger partial charge in [0.2, 0.25) is 0 Å². The molecule has 0 fully saturated rings. The monoisotopic (exact) mass is 224 g/mol. The molecule has 1 aromatic rings. The molecule has 0 saturated heterocycles. The average molecular weight is 224 g/mol. The Labute approximate surface area is 96.4 Å². The zero-order valence-corrected chi connectivity index (χ0v) is 10.5. The third-order valence-electron chi connectivity index (χ3n) is 2.31. The molecule has 4 N–H and O–H groups in total. The number of nitrogens with two attached hydrogens (primary N) is 2. The molecule has 0 heterocycles. The molecule has 0 saturated carbocycles. The van der Waals surface area contributed by atoms with Gasteiger partial charge in [-0.25, -0.2) is 0 Å². The topological polar surface area (TPSA) is 52.0 Å². The highest BCUT2D eigenvalue weighted by Crippen LogP contribution is 2.25. The number of hydrogen-bond acceptors (Lipinski definition) is 3. The fraction of sp³-hybridized carbons (Fsp3) is 0.500. The maximum Gasteiger partial charge on any atom is 0.0505 e. The summed E-state index contributed by atoms with van der Waals surface area (Å²) in [5, 5.41) is 0.606. The molecule has 0 bridgehead atoms. The molecule has 0 aliphatic carbocycles. The lowest BCUT2D eigenvalue weighted by molar-refractivity contribution is 0.507. The Kier molecular flexibility index (Phi) is 4.20. The van der Waals surface area contributed by atoms with Gasteiger partial charge in [0, 0.05) is 16.7 Å². The molecular formula is C12H20N2S. The number of benzene rings is 1. The van der Waals surface area contributed by atoms with Crippen LogP contribution in [-0.4, -0.2) is 11.8 Å². The van der Waals surface area contributed by atoms with Gasteiger partial charge >= 0.3 is 0 Å². The third-order valence-corrected chi connectivity index (χ3v) is 3.33. The Morgan fingerprint density at radius 2 is 1.80 bits per heavy atom. The predicted octanol–water partition coefficient (Wildman–Crippen LogP) is 2.32. The molecule has 0 aliphatic heterocycles. The van der Waals surface area contributed by atoms with Crippen LogP contribution in [0.2, 0.25) is 0 Å². The molecule has 1 aromatic carbocycles. The average Bonchev–Trinajstić information content (AvgIpc) is 2.18. The second-order valence-electron chi connectivity index (χ2n) is 4.31. The van der Waals surface area contributed by atoms with Crippen molar-refractivity contribution >= 4 is 11.8 Å². The third kappa shape index (κ3) is 3.52. The standard InChI is InChI=1S/C12H20N2S/c1-9(2)15-11-6-4-10(5-7-11)12(3,14)8-13/h4-7,9H,8,13-14H2,1-3H3. The summed E-state index contributed by atoms with van der Waals surface area (Å²) in [7, 11) is 0. The van der Waals surface area contributed by atoms with Crippen molar-refractivity contribution < 1.29 is 0 Å². The summed E-state index contributed by atoms with van der Waals surface area (Å²) >= 11 is 1.85. The van der Waals surface area contributed by atoms with Crippen LogP contribution < -0.4 is 11.5 Å². The van der Waals surface area contributed by atoms with Crippen LogP contribution in [0.15, 0.2) is 29.2 Å². The lowest BCUT2D eigenvalue weighted by Gasteiger charge is -2.23. The van der Waals surface area contributed by atoms with Gasteiger partial charge in [-0.2, -0.15) is 0 Å². The van der Waals surface area contributed by atoms with Crippen LogP contribution in [-0.2, 0) is 5.54 Å². The van der Waals surface area contributed by atoms with Crippen molar-refractivity contribution in [2.45, 2.75) is 36.5 Å². The van der Waals surface area contributed by atoms with E-state index in [-0.39, 0.29) is 0 Å². The Hall–Kier alpha value is -0.510. The number of thioether (sulfide) groups is 1. The highest BCUT2D eigenvalue weighted by atomic mass is 32.2. The van der Waals surface area contributed by atoms with Gasteiger partial charge in [-0.05, 0) is 24.6 Å². The Balaban J connectivity index is 2.81. The first-order valence-electron chi connectivity index (χ1n) is 5.22. The Morgan fingerprint density at radius 1 is 1.27 bits per heavy atom. The molecule has 15 heavy (non-hydrogen) atoms. The molecule has 0 amide bonds. The molecule has 0 aromatic heterocycles. The molecule has 0 radical (unpaired) electrons. The zero-order chi connectivity index (χ0) is 11.5. The zero-order valence-electron chi connectivity index (χ0n) is 9.66. The van der Waals surface area contributed by atoms with Gasteiger partial charge in [0.1, 0.15) is 0 Å². The van der Waals surface area contributed by atoms with E-state index in [9.17, 15) is 0 Å². The summed E-state index contributed by atoms with van der Waals surface area (Å²) in [6.45, 7) is 6.79. The lowest BCUT2D eigenvalue weighted by atomic mass is 9.94. The molecule has 3 heteroatoms. The van der Waals surface area contributed by atoms with Crippen molar-refractivity contribution in [1.82, 2.24) is 0 Å². The van der Waals surface area contributed by atoms with Crippen molar-refractivity contribution in [3.8, 4) is 0 Å². The van der Waals surface area contributed by atoms with Gasteiger partial charge in [0.05, 0.1) is 5.54 Å². The maximum absolute atomic E-state index is 6.06. The van der Waals surface area contributed by atoms with E-state index in [1.54, 1.807) is 0 Å². The normalized spacial score (nSPS) is 15.3. The van der Waals surface area contributed by atoms with Crippen LogP contribution in [0.4, 0.5) is 0 Å². The Morgan fingerprint density at radius 3 is 2.20 bits per heavy atom. The highest BCUT2D eigenvalue weighted by Gasteiger charge is 2.18. The minimum absolute atomic E-state index is 0.416. The molecular weight excluding hydrogens is 204 g/mol. The molecule has 1 rings (SSSR count). The van der Waals surface area contributed by atoms with E-state index >= 15 is 0 Å². The summed E-state index contributed by atoms with van der Waals surface area (Å²) in [5.74, 6) is 0. The van der Waals surface area contributed by atoms with Crippen LogP contribution in [0.5, 0.6) is 0 Å². The van der Waals surface area contributed by atoms with E-state index in [0.717, 1.165) is 5.56 Å². The number of hydrogen-bond donors (Lipinski definition) is 2. The minimum Gasteiger partial charge on any atom is -0.328 e. The van der Waals surface area contributed by atoms with Gasteiger partial charge < -0.3 is 11.5 Å². The molecule has 84 valence electrons. The first-order valence-corrected chi connectivity index (χ1v) is 6.10. The number of rotatable bonds is 4. The molecule has 1 atom stereocenters. The first-order chi connectivity index (χ1) is 6.95. The maximum atomic E-state index is 6.06. The van der Waals surface area contributed by atoms with Crippen LogP contribution in [0, 0.1) is 0 Å². The highest BCUT2D eigenvalue weighted by molar-refractivity contribution is 7.99. The van der Waals surface area contributed by atoms with Crippen molar-refractivity contribution in [2.75, 3.05) is 6.54 Å². The van der Waals surface area contributed by atoms with Gasteiger partial charge in [-0.1, -0.05) is 26.0 Å². The smallest absolute Gasteiger partial charge is 0.0505 e. The molecule has 2 nitrogen and oxygen atoms in total. The quantitative estimate of drug-likeness (QED) is 0.772. The van der Waals surface area contributed by atoms with Crippen LogP contribution in [0.25, 0.3) is 0 Å². The van der Waals surface area contributed by atoms with Gasteiger partial charge in [0.15, 0.2) is 0 Å². The van der Waals surface area contributed by atoms with Crippen molar-refractivity contribution in [1.29, 1.82) is 0 Å². The van der Waals surface area contributed by atoms with E-state index in [1.807, 2.05) is 18.7 Å². The fourth-order valence-electron chi connectivity index (χ4n) is 1.30. The van der Waals surface area contributed by atoms with Gasteiger partial charge in [-0.3, -0.25) is 0 Å². The summed E-state index contributed by atoms with van der Waals surface area (Å²) in [6.07, 6.45) is 0. The Bertz CT molecular complexity index is 304. The molecule has 0 spiro atoms. The SMILES string of the molecule is CC(C)Sc1ccc(C(C)(N)CN)cc1. The summed E-state index contributed by atoms with van der Waals surface area (Å²) in [4.78, 5) is 1.28. The van der Waals surface area contributed by atoms with E-state index < -0.39 is 5.54 Å². The fourth-order valence-corrected chi connectivity index (χ4v) is 2.14. The van der Waals surface area contributed by atoms with E-state index in [0.29, 0.717) is 11.8 Å². The first kappa shape index (κ1) is 12.6. The van der Waals surface area contributed by atoms with E-state index in [1.165, 1.54) is 4.90 Å². The van der Waals surface area contributed by atoms with Crippen LogP contribution >= 0.6 is 11.8 Å². The molecule has 1 unspecified atom stereocenters. The largest absolute Gasteiger partial charge is 0.328 e. The molecule has 0 aliphatic rings. The predicted molar refractivity (Wildman–Crippen MR) is 68.0 cm³/mol. The lowest BCUT2D eigenvalue weighted by Crippen LogP contribution is -2.40. The van der Waals surface area contributed by atoms with Crippen molar-refractivity contribution in [2.24, 2.45) is 11.5 Å². The van der Waals surface area contributed by atoms with E-state index in [4.69, 9.17) is 11.5 Å². The minimum atomic E-state index is -0.416. The van der Waals surface area contributed by atoms with Crippen LogP contribution in [0.3, 0.4) is 0 Å². The van der Waals surface area contributed by atoms with E-state index in [2.05, 4.69) is 38.1 Å². The summed E-state index contributed by atoms with van der Waals surface area (Å²) in [6, 6.07) is 8.36. The second-order valence-corrected chi connectivity index (χ2v) is 5.96. The van der Waals surface area contributed by atoms with Gasteiger partial charge in [0.25, 0.3) is 0 Å². The van der Waals surface area contributed by atoms with Crippen LogP contribution in [0.1, 0.15) is 26.3 Å². The summed E-state index contributed by atoms with van der Waals surface area (Å²) < 4.78 is 0. The summed E-state index contributed by atoms with van der Waals surface area (Å²) in [5.41, 5.74) is 12.4. The van der Waals surface area contributed by atoms with Gasteiger partial charge in [-0.15, -0.1) is 11.8 Å².